The lowest BCUT2D eigenvalue weighted by atomic mass is 10.1. The molecular formula is C20H24N6O3. The Balaban J connectivity index is 1.79. The van der Waals surface area contributed by atoms with Crippen LogP contribution in [-0.2, 0) is 11.3 Å². The lowest BCUT2D eigenvalue weighted by molar-refractivity contribution is 0.0695. The van der Waals surface area contributed by atoms with Gasteiger partial charge in [-0.1, -0.05) is 0 Å². The maximum atomic E-state index is 13.3. The van der Waals surface area contributed by atoms with E-state index in [1.54, 1.807) is 10.8 Å². The Bertz CT molecular complexity index is 1160. The Morgan fingerprint density at radius 3 is 2.86 bits per heavy atom. The summed E-state index contributed by atoms with van der Waals surface area (Å²) < 4.78 is 8.96. The van der Waals surface area contributed by atoms with Crippen molar-refractivity contribution in [3.05, 3.63) is 40.7 Å². The third kappa shape index (κ3) is 3.02. The predicted octanol–water partition coefficient (Wildman–Crippen LogP) is 0.881. The molecule has 29 heavy (non-hydrogen) atoms. The number of hydrogen-bond donors (Lipinski definition) is 2. The van der Waals surface area contributed by atoms with Gasteiger partial charge in [0, 0.05) is 44.6 Å². The molecule has 0 radical (unpaired) electrons. The summed E-state index contributed by atoms with van der Waals surface area (Å²) >= 11 is 0. The number of nitrogens with zero attached hydrogens (tertiary/aromatic N) is 5. The van der Waals surface area contributed by atoms with Gasteiger partial charge in [0.2, 0.25) is 0 Å². The third-order valence-corrected chi connectivity index (χ3v) is 5.71. The number of fused-ring (bicyclic) bond motifs is 3. The van der Waals surface area contributed by atoms with E-state index in [9.17, 15) is 9.90 Å². The molecular weight excluding hydrogens is 372 g/mol. The number of rotatable bonds is 4. The van der Waals surface area contributed by atoms with Crippen LogP contribution in [0.5, 0.6) is 0 Å². The van der Waals surface area contributed by atoms with Gasteiger partial charge in [0.25, 0.3) is 0 Å². The first-order valence-electron chi connectivity index (χ1n) is 9.94. The van der Waals surface area contributed by atoms with Crippen LogP contribution < -0.4 is 11.1 Å². The first-order valence-corrected chi connectivity index (χ1v) is 9.94. The monoisotopic (exact) mass is 396 g/mol. The molecule has 9 nitrogen and oxygen atoms in total. The van der Waals surface area contributed by atoms with E-state index in [-0.39, 0.29) is 24.9 Å². The molecule has 0 aliphatic carbocycles. The van der Waals surface area contributed by atoms with Crippen LogP contribution in [0.4, 0.5) is 0 Å². The average molecular weight is 396 g/mol. The molecule has 1 fully saturated rings. The predicted molar refractivity (Wildman–Crippen MR) is 109 cm³/mol. The van der Waals surface area contributed by atoms with Crippen molar-refractivity contribution in [2.24, 2.45) is 0 Å². The van der Waals surface area contributed by atoms with Crippen LogP contribution in [0.1, 0.15) is 24.6 Å². The quantitative estimate of drug-likeness (QED) is 0.676. The van der Waals surface area contributed by atoms with Crippen LogP contribution in [0.3, 0.4) is 0 Å². The van der Waals surface area contributed by atoms with Crippen molar-refractivity contribution in [1.29, 1.82) is 0 Å². The molecule has 3 aromatic rings. The number of aliphatic hydroxyl groups is 1. The Morgan fingerprint density at radius 1 is 1.31 bits per heavy atom. The second kappa shape index (κ2) is 7.25. The highest BCUT2D eigenvalue weighted by atomic mass is 16.5. The highest BCUT2D eigenvalue weighted by Gasteiger charge is 2.25. The molecule has 0 unspecified atom stereocenters. The second-order valence-corrected chi connectivity index (χ2v) is 7.53. The molecule has 0 spiro atoms. The number of imidazole rings is 1. The smallest absolute Gasteiger partial charge is 0.329 e. The van der Waals surface area contributed by atoms with Crippen molar-refractivity contribution < 1.29 is 9.84 Å². The van der Waals surface area contributed by atoms with Gasteiger partial charge in [-0.15, -0.1) is 0 Å². The number of nitrogens with one attached hydrogen (secondary N) is 1. The fraction of sp³-hybridized carbons (Fsp3) is 0.450. The first-order chi connectivity index (χ1) is 14.2. The Hall–Kier alpha value is -2.75. The second-order valence-electron chi connectivity index (χ2n) is 7.53. The SMILES string of the molecule is CN1C=C(c2ccc3ncc4c(c3n2)n(C2CCOCC2)c(=O)n4CCO)CN1. The average Bonchev–Trinajstić information content (AvgIpc) is 3.30. The topological polar surface area (TPSA) is 97.4 Å². The van der Waals surface area contributed by atoms with Gasteiger partial charge in [0.1, 0.15) is 5.52 Å². The third-order valence-electron chi connectivity index (χ3n) is 5.71. The summed E-state index contributed by atoms with van der Waals surface area (Å²) in [6.45, 7) is 2.10. The zero-order chi connectivity index (χ0) is 20.0. The van der Waals surface area contributed by atoms with Crippen LogP contribution in [0, 0.1) is 0 Å². The molecule has 0 aromatic carbocycles. The maximum absolute atomic E-state index is 13.3. The molecule has 3 aromatic heterocycles. The molecule has 152 valence electrons. The Labute approximate surface area is 167 Å². The van der Waals surface area contributed by atoms with E-state index >= 15 is 0 Å². The van der Waals surface area contributed by atoms with E-state index in [0.717, 1.165) is 40.7 Å². The number of aliphatic hydroxyl groups excluding tert-OH is 1. The van der Waals surface area contributed by atoms with Crippen molar-refractivity contribution in [3.63, 3.8) is 0 Å². The number of hydrazine groups is 1. The molecule has 5 rings (SSSR count). The van der Waals surface area contributed by atoms with Crippen molar-refractivity contribution in [2.45, 2.75) is 25.4 Å². The summed E-state index contributed by atoms with van der Waals surface area (Å²) in [7, 11) is 1.95. The minimum absolute atomic E-state index is 0.0493. The summed E-state index contributed by atoms with van der Waals surface area (Å²) in [6, 6.07) is 3.97. The Kier molecular flexibility index (Phi) is 4.57. The van der Waals surface area contributed by atoms with Crippen LogP contribution in [0.25, 0.3) is 27.6 Å². The van der Waals surface area contributed by atoms with Crippen molar-refractivity contribution >= 4 is 27.6 Å². The van der Waals surface area contributed by atoms with Gasteiger partial charge in [-0.3, -0.25) is 14.1 Å². The van der Waals surface area contributed by atoms with Gasteiger partial charge in [-0.05, 0) is 25.0 Å². The van der Waals surface area contributed by atoms with E-state index in [4.69, 9.17) is 9.72 Å². The summed E-state index contributed by atoms with van der Waals surface area (Å²) in [5.41, 5.74) is 8.04. The van der Waals surface area contributed by atoms with Gasteiger partial charge in [0.15, 0.2) is 0 Å². The van der Waals surface area contributed by atoms with E-state index in [1.807, 2.05) is 35.0 Å². The molecule has 1 saturated heterocycles. The molecule has 0 amide bonds. The normalized spacial score (nSPS) is 18.1. The maximum Gasteiger partial charge on any atom is 0.329 e. The molecule has 2 N–H and O–H groups in total. The fourth-order valence-corrected chi connectivity index (χ4v) is 4.28. The van der Waals surface area contributed by atoms with Crippen molar-refractivity contribution in [3.8, 4) is 0 Å². The van der Waals surface area contributed by atoms with Gasteiger partial charge in [-0.2, -0.15) is 0 Å². The van der Waals surface area contributed by atoms with Gasteiger partial charge < -0.3 is 14.9 Å². The minimum Gasteiger partial charge on any atom is -0.395 e. The largest absolute Gasteiger partial charge is 0.395 e. The highest BCUT2D eigenvalue weighted by molar-refractivity contribution is 6.00. The number of aromatic nitrogens is 4. The summed E-state index contributed by atoms with van der Waals surface area (Å²) in [4.78, 5) is 22.8. The molecule has 0 atom stereocenters. The zero-order valence-electron chi connectivity index (χ0n) is 16.3. The van der Waals surface area contributed by atoms with Crippen molar-refractivity contribution in [1.82, 2.24) is 29.5 Å². The number of ether oxygens (including phenoxy) is 1. The molecule has 5 heterocycles. The van der Waals surface area contributed by atoms with Crippen LogP contribution in [-0.4, -0.2) is 62.6 Å². The van der Waals surface area contributed by atoms with E-state index in [2.05, 4.69) is 10.4 Å². The first kappa shape index (κ1) is 18.3. The molecule has 0 bridgehead atoms. The van der Waals surface area contributed by atoms with Crippen LogP contribution >= 0.6 is 0 Å². The van der Waals surface area contributed by atoms with E-state index < -0.39 is 0 Å². The molecule has 0 saturated carbocycles. The summed E-state index contributed by atoms with van der Waals surface area (Å²) in [5.74, 6) is 0. The van der Waals surface area contributed by atoms with Gasteiger partial charge in [0.05, 0.1) is 41.6 Å². The van der Waals surface area contributed by atoms with Gasteiger partial charge in [-0.25, -0.2) is 15.2 Å². The Morgan fingerprint density at radius 2 is 2.14 bits per heavy atom. The lowest BCUT2D eigenvalue weighted by Gasteiger charge is -2.23. The standard InChI is InChI=1S/C20H24N6O3/c1-24-12-13(10-22-24)15-2-3-16-18(23-15)19-17(11-21-16)25(6-7-27)20(28)26(19)14-4-8-29-9-5-14/h2-3,11-12,14,22,27H,4-10H2,1H3. The number of hydrogen-bond acceptors (Lipinski definition) is 7. The fourth-order valence-electron chi connectivity index (χ4n) is 4.28. The molecule has 2 aliphatic heterocycles. The molecule has 9 heteroatoms. The van der Waals surface area contributed by atoms with Crippen molar-refractivity contribution in [2.75, 3.05) is 33.4 Å². The lowest BCUT2D eigenvalue weighted by Crippen LogP contribution is -2.31. The highest BCUT2D eigenvalue weighted by Crippen LogP contribution is 2.29. The summed E-state index contributed by atoms with van der Waals surface area (Å²) in [6.07, 6.45) is 5.29. The van der Waals surface area contributed by atoms with Gasteiger partial charge >= 0.3 is 5.69 Å². The number of pyridine rings is 2. The molecule has 2 aliphatic rings. The van der Waals surface area contributed by atoms with Crippen LogP contribution in [0.15, 0.2) is 29.3 Å². The van der Waals surface area contributed by atoms with E-state index in [0.29, 0.717) is 25.3 Å². The van der Waals surface area contributed by atoms with E-state index in [1.165, 1.54) is 0 Å². The summed E-state index contributed by atoms with van der Waals surface area (Å²) in [5, 5.41) is 11.4. The minimum atomic E-state index is -0.121. The van der Waals surface area contributed by atoms with Crippen LogP contribution in [0.2, 0.25) is 0 Å². The zero-order valence-corrected chi connectivity index (χ0v) is 16.3.